The van der Waals surface area contributed by atoms with Crippen molar-refractivity contribution in [3.05, 3.63) is 99.5 Å². The molecule has 3 rings (SSSR count). The summed E-state index contributed by atoms with van der Waals surface area (Å²) >= 11 is 0. The second-order valence-electron chi connectivity index (χ2n) is 6.61. The first kappa shape index (κ1) is 21.7. The van der Waals surface area contributed by atoms with Gasteiger partial charge in [-0.05, 0) is 54.3 Å². The number of rotatable bonds is 5. The first-order valence-electron chi connectivity index (χ1n) is 8.89. The average molecular weight is 488 g/mol. The molecule has 0 saturated carbocycles. The lowest BCUT2D eigenvalue weighted by Gasteiger charge is -2.08. The van der Waals surface area contributed by atoms with Gasteiger partial charge in [0, 0.05) is 18.0 Å². The molecule has 146 valence electrons. The molecule has 0 fully saturated rings. The Morgan fingerprint density at radius 2 is 1.71 bits per heavy atom. The second-order valence-corrected chi connectivity index (χ2v) is 6.61. The molecule has 0 bridgehead atoms. The van der Waals surface area contributed by atoms with Crippen molar-refractivity contribution in [2.24, 2.45) is 10.7 Å². The van der Waals surface area contributed by atoms with Crippen LogP contribution in [0.3, 0.4) is 0 Å². The molecule has 0 aliphatic carbocycles. The summed E-state index contributed by atoms with van der Waals surface area (Å²) in [4.78, 5) is 16.2. The lowest BCUT2D eigenvalue weighted by Crippen LogP contribution is -2.22. The molecule has 0 unspecified atom stereocenters. The summed E-state index contributed by atoms with van der Waals surface area (Å²) in [6.45, 7) is 5.20. The van der Waals surface area contributed by atoms with Gasteiger partial charge in [0.25, 0.3) is 5.56 Å². The first-order valence-corrected chi connectivity index (χ1v) is 8.89. The topological polar surface area (TPSA) is 72.4 Å². The van der Waals surface area contributed by atoms with Crippen molar-refractivity contribution in [3.63, 3.8) is 0 Å². The van der Waals surface area contributed by atoms with Crippen molar-refractivity contribution in [1.82, 2.24) is 4.57 Å². The molecule has 5 nitrogen and oxygen atoms in total. The molecule has 0 amide bonds. The summed E-state index contributed by atoms with van der Waals surface area (Å²) in [6.07, 6.45) is 1.79. The quantitative estimate of drug-likeness (QED) is 0.323. The summed E-state index contributed by atoms with van der Waals surface area (Å²) in [5, 5.41) is 3.12. The minimum atomic E-state index is -0.00336. The zero-order valence-electron chi connectivity index (χ0n) is 16.1. The fourth-order valence-corrected chi connectivity index (χ4v) is 2.72. The molecule has 0 aliphatic rings. The van der Waals surface area contributed by atoms with Crippen LogP contribution in [0.15, 0.2) is 76.6 Å². The van der Waals surface area contributed by atoms with Crippen molar-refractivity contribution < 1.29 is 0 Å². The number of hydrogen-bond acceptors (Lipinski definition) is 2. The number of benzene rings is 2. The fraction of sp³-hybridized carbons (Fsp3) is 0.182. The molecule has 0 atom stereocenters. The number of aliphatic imine (C=N–C) groups is 1. The number of guanidine groups is 1. The van der Waals surface area contributed by atoms with Gasteiger partial charge in [-0.3, -0.25) is 4.79 Å². The van der Waals surface area contributed by atoms with Crippen molar-refractivity contribution in [3.8, 4) is 0 Å². The summed E-state index contributed by atoms with van der Waals surface area (Å²) in [5.74, 6) is 0.387. The number of anilines is 1. The van der Waals surface area contributed by atoms with E-state index in [0.717, 1.165) is 16.8 Å². The third kappa shape index (κ3) is 5.95. The number of pyridine rings is 1. The second kappa shape index (κ2) is 10.1. The molecule has 1 aromatic heterocycles. The van der Waals surface area contributed by atoms with E-state index < -0.39 is 0 Å². The van der Waals surface area contributed by atoms with Crippen molar-refractivity contribution >= 4 is 35.6 Å². The van der Waals surface area contributed by atoms with E-state index in [1.54, 1.807) is 22.9 Å². The Hall–Kier alpha value is -2.61. The zero-order valence-corrected chi connectivity index (χ0v) is 18.4. The Bertz CT molecular complexity index is 1010. The monoisotopic (exact) mass is 488 g/mol. The average Bonchev–Trinajstić information content (AvgIpc) is 2.66. The summed E-state index contributed by atoms with van der Waals surface area (Å²) in [6, 6.07) is 19.3. The lowest BCUT2D eigenvalue weighted by molar-refractivity contribution is 0.759. The van der Waals surface area contributed by atoms with Crippen LogP contribution < -0.4 is 16.6 Å². The van der Waals surface area contributed by atoms with Crippen LogP contribution >= 0.6 is 24.0 Å². The number of halogens is 1. The van der Waals surface area contributed by atoms with E-state index in [0.29, 0.717) is 19.0 Å². The standard InChI is InChI=1S/C22H24N4O.HI/c1-16-6-11-20(13-17(16)2)25-22(23)24-14-18-7-9-19(10-8-18)15-26-12-4-3-5-21(26)27;/h3-13H,14-15H2,1-2H3,(H3,23,24,25);1H. The van der Waals surface area contributed by atoms with Crippen LogP contribution in [0.5, 0.6) is 0 Å². The Morgan fingerprint density at radius 1 is 1.00 bits per heavy atom. The number of aryl methyl sites for hydroxylation is 2. The SMILES string of the molecule is Cc1ccc(NC(N)=NCc2ccc(Cn3ccccc3=O)cc2)cc1C.I. The summed E-state index contributed by atoms with van der Waals surface area (Å²) < 4.78 is 1.68. The van der Waals surface area contributed by atoms with Crippen LogP contribution in [0.1, 0.15) is 22.3 Å². The van der Waals surface area contributed by atoms with Crippen LogP contribution in [0.2, 0.25) is 0 Å². The van der Waals surface area contributed by atoms with Crippen molar-refractivity contribution in [2.75, 3.05) is 5.32 Å². The van der Waals surface area contributed by atoms with Gasteiger partial charge in [0.05, 0.1) is 13.1 Å². The number of nitrogens with one attached hydrogen (secondary N) is 1. The Balaban J connectivity index is 0.00000280. The molecule has 2 aromatic carbocycles. The normalized spacial score (nSPS) is 11.0. The van der Waals surface area contributed by atoms with E-state index in [9.17, 15) is 4.79 Å². The van der Waals surface area contributed by atoms with Crippen LogP contribution in [-0.4, -0.2) is 10.5 Å². The Morgan fingerprint density at radius 3 is 2.39 bits per heavy atom. The number of aromatic nitrogens is 1. The van der Waals surface area contributed by atoms with E-state index in [-0.39, 0.29) is 29.5 Å². The van der Waals surface area contributed by atoms with Crippen LogP contribution in [0, 0.1) is 13.8 Å². The smallest absolute Gasteiger partial charge is 0.250 e. The third-order valence-corrected chi connectivity index (χ3v) is 4.49. The first-order chi connectivity index (χ1) is 13.0. The maximum atomic E-state index is 11.8. The van der Waals surface area contributed by atoms with Crippen LogP contribution in [0.4, 0.5) is 5.69 Å². The molecule has 1 heterocycles. The predicted octanol–water partition coefficient (Wildman–Crippen LogP) is 4.06. The van der Waals surface area contributed by atoms with Crippen molar-refractivity contribution in [1.29, 1.82) is 0 Å². The predicted molar refractivity (Wildman–Crippen MR) is 127 cm³/mol. The maximum Gasteiger partial charge on any atom is 0.250 e. The molecule has 0 radical (unpaired) electrons. The molecular formula is C22H25IN4O. The van der Waals surface area contributed by atoms with Gasteiger partial charge in [-0.2, -0.15) is 0 Å². The lowest BCUT2D eigenvalue weighted by atomic mass is 10.1. The number of nitrogens with zero attached hydrogens (tertiary/aromatic N) is 2. The molecule has 3 aromatic rings. The van der Waals surface area contributed by atoms with Crippen molar-refractivity contribution in [2.45, 2.75) is 26.9 Å². The number of hydrogen-bond donors (Lipinski definition) is 2. The van der Waals surface area contributed by atoms with E-state index in [1.165, 1.54) is 11.1 Å². The highest BCUT2D eigenvalue weighted by molar-refractivity contribution is 14.0. The summed E-state index contributed by atoms with van der Waals surface area (Å²) in [7, 11) is 0. The molecule has 3 N–H and O–H groups in total. The highest BCUT2D eigenvalue weighted by atomic mass is 127. The molecule has 6 heteroatoms. The van der Waals surface area contributed by atoms with E-state index in [4.69, 9.17) is 5.73 Å². The molecular weight excluding hydrogens is 463 g/mol. The van der Waals surface area contributed by atoms with E-state index in [2.05, 4.69) is 36.3 Å². The Labute approximate surface area is 182 Å². The van der Waals surface area contributed by atoms with Gasteiger partial charge >= 0.3 is 0 Å². The van der Waals surface area contributed by atoms with Gasteiger partial charge in [-0.1, -0.05) is 36.4 Å². The molecule has 0 saturated heterocycles. The minimum Gasteiger partial charge on any atom is -0.370 e. The van der Waals surface area contributed by atoms with Gasteiger partial charge in [-0.25, -0.2) is 4.99 Å². The van der Waals surface area contributed by atoms with E-state index in [1.807, 2.05) is 36.4 Å². The summed E-state index contributed by atoms with van der Waals surface area (Å²) in [5.41, 5.74) is 11.5. The van der Waals surface area contributed by atoms with Crippen LogP contribution in [0.25, 0.3) is 0 Å². The van der Waals surface area contributed by atoms with E-state index >= 15 is 0 Å². The fourth-order valence-electron chi connectivity index (χ4n) is 2.72. The van der Waals surface area contributed by atoms with Gasteiger partial charge in [0.2, 0.25) is 0 Å². The van der Waals surface area contributed by atoms with Crippen LogP contribution in [-0.2, 0) is 13.1 Å². The highest BCUT2D eigenvalue weighted by Crippen LogP contribution is 2.14. The molecule has 0 aliphatic heterocycles. The maximum absolute atomic E-state index is 11.8. The number of nitrogens with two attached hydrogens (primary N) is 1. The van der Waals surface area contributed by atoms with Gasteiger partial charge in [0.15, 0.2) is 5.96 Å². The van der Waals surface area contributed by atoms with Gasteiger partial charge < -0.3 is 15.6 Å². The molecule has 0 spiro atoms. The Kier molecular flexibility index (Phi) is 7.80. The van der Waals surface area contributed by atoms with Gasteiger partial charge in [0.1, 0.15) is 0 Å². The zero-order chi connectivity index (χ0) is 19.2. The highest BCUT2D eigenvalue weighted by Gasteiger charge is 2.00. The largest absolute Gasteiger partial charge is 0.370 e. The molecule has 28 heavy (non-hydrogen) atoms. The van der Waals surface area contributed by atoms with Gasteiger partial charge in [-0.15, -0.1) is 24.0 Å². The minimum absolute atomic E-state index is 0. The third-order valence-electron chi connectivity index (χ3n) is 4.49.